The summed E-state index contributed by atoms with van der Waals surface area (Å²) >= 11 is 0.853. The van der Waals surface area contributed by atoms with Crippen molar-refractivity contribution in [3.8, 4) is 5.75 Å². The van der Waals surface area contributed by atoms with Crippen molar-refractivity contribution in [1.29, 1.82) is 0 Å². The molecule has 0 aromatic heterocycles. The standard InChI is InChI=1S/C30H41N5O9S.C2HF3O2/c1-30(2,17-37)25(40)28(43)33-13-12-22(39)32-14-15-45-29(44)24(19-6-4-3-5-7-19)35-26(41)21(16-36)34-27(42)23(31)18-8-10-20(38)11-9-18;3-2(4,5)1(6)7/h3-11,21,23-25,36-38,40H,12-17,31H2,1-2H3,(H,32,39)(H,33,43)(H,34,42)(H,35,41);(H,6,7)/t21-,23+,24+,25-;/m0./s1. The maximum atomic E-state index is 13.2. The number of carboxylic acids is 1. The fraction of sp³-hybridized carbons (Fsp3) is 0.438. The van der Waals surface area contributed by atoms with Crippen LogP contribution < -0.4 is 27.0 Å². The highest BCUT2D eigenvalue weighted by Crippen LogP contribution is 2.22. The van der Waals surface area contributed by atoms with Gasteiger partial charge in [0.25, 0.3) is 0 Å². The van der Waals surface area contributed by atoms with Gasteiger partial charge in [0.2, 0.25) is 28.7 Å². The predicted molar refractivity (Wildman–Crippen MR) is 180 cm³/mol. The van der Waals surface area contributed by atoms with E-state index in [0.717, 1.165) is 11.8 Å². The molecule has 2 aromatic rings. The van der Waals surface area contributed by atoms with Crippen molar-refractivity contribution in [2.45, 2.75) is 50.7 Å². The molecule has 0 unspecified atom stereocenters. The number of aliphatic hydroxyl groups excluding tert-OH is 3. The molecule has 0 heterocycles. The molecule has 0 bridgehead atoms. The van der Waals surface area contributed by atoms with Crippen molar-refractivity contribution < 1.29 is 67.5 Å². The second kappa shape index (κ2) is 21.6. The average molecular weight is 762 g/mol. The summed E-state index contributed by atoms with van der Waals surface area (Å²) in [4.78, 5) is 71.9. The van der Waals surface area contributed by atoms with Crippen LogP contribution in [0.1, 0.15) is 43.5 Å². The van der Waals surface area contributed by atoms with E-state index < -0.39 is 83.7 Å². The number of hydrogen-bond acceptors (Lipinski definition) is 12. The van der Waals surface area contributed by atoms with E-state index in [1.807, 2.05) is 0 Å². The molecule has 0 saturated carbocycles. The van der Waals surface area contributed by atoms with Crippen LogP contribution in [0.2, 0.25) is 0 Å². The lowest BCUT2D eigenvalue weighted by Crippen LogP contribution is -2.52. The third kappa shape index (κ3) is 15.6. The lowest BCUT2D eigenvalue weighted by atomic mass is 9.87. The molecule has 0 aliphatic carbocycles. The molecule has 4 atom stereocenters. The summed E-state index contributed by atoms with van der Waals surface area (Å²) in [6, 6.07) is 10.2. The zero-order valence-corrected chi connectivity index (χ0v) is 28.9. The number of aromatic hydroxyl groups is 1. The van der Waals surface area contributed by atoms with E-state index in [9.17, 15) is 57.6 Å². The summed E-state index contributed by atoms with van der Waals surface area (Å²) in [5.41, 5.74) is 5.75. The second-order valence-corrected chi connectivity index (χ2v) is 12.7. The van der Waals surface area contributed by atoms with Gasteiger partial charge in [-0.25, -0.2) is 4.79 Å². The summed E-state index contributed by atoms with van der Waals surface area (Å²) < 4.78 is 31.7. The number of hydrogen-bond donors (Lipinski definition) is 10. The minimum Gasteiger partial charge on any atom is -0.508 e. The number of rotatable bonds is 17. The van der Waals surface area contributed by atoms with Crippen molar-refractivity contribution in [2.24, 2.45) is 11.1 Å². The number of aliphatic carboxylic acids is 1. The van der Waals surface area contributed by atoms with Crippen LogP contribution in [0.15, 0.2) is 54.6 Å². The molecule has 20 heteroatoms. The van der Waals surface area contributed by atoms with Crippen LogP contribution in [0.25, 0.3) is 0 Å². The molecule has 0 aliphatic rings. The molecular formula is C32H42F3N5O11S. The predicted octanol–water partition coefficient (Wildman–Crippen LogP) is -0.378. The lowest BCUT2D eigenvalue weighted by molar-refractivity contribution is -0.192. The van der Waals surface area contributed by atoms with E-state index in [2.05, 4.69) is 21.3 Å². The summed E-state index contributed by atoms with van der Waals surface area (Å²) in [5.74, 6) is -5.31. The van der Waals surface area contributed by atoms with Crippen LogP contribution in [0.4, 0.5) is 13.2 Å². The van der Waals surface area contributed by atoms with Gasteiger partial charge in [-0.15, -0.1) is 0 Å². The van der Waals surface area contributed by atoms with Gasteiger partial charge in [0, 0.05) is 30.7 Å². The first-order valence-corrected chi connectivity index (χ1v) is 16.3. The molecule has 0 radical (unpaired) electrons. The summed E-state index contributed by atoms with van der Waals surface area (Å²) in [7, 11) is 0. The first-order valence-electron chi connectivity index (χ1n) is 15.4. The number of carbonyl (C=O) groups is 6. The first kappa shape index (κ1) is 45.3. The Morgan fingerprint density at radius 1 is 0.827 bits per heavy atom. The zero-order valence-electron chi connectivity index (χ0n) is 28.1. The van der Waals surface area contributed by atoms with E-state index >= 15 is 0 Å². The Bertz CT molecular complexity index is 1500. The molecule has 0 saturated heterocycles. The highest BCUT2D eigenvalue weighted by atomic mass is 32.2. The molecule has 0 fully saturated rings. The molecule has 52 heavy (non-hydrogen) atoms. The number of phenolic OH excluding ortho intramolecular Hbond substituents is 1. The minimum atomic E-state index is -5.08. The van der Waals surface area contributed by atoms with E-state index in [-0.39, 0.29) is 31.0 Å². The topological polar surface area (TPSA) is 278 Å². The number of benzene rings is 2. The van der Waals surface area contributed by atoms with Crippen molar-refractivity contribution in [3.63, 3.8) is 0 Å². The molecule has 2 aromatic carbocycles. The number of aliphatic hydroxyl groups is 3. The normalized spacial score (nSPS) is 13.6. The number of amides is 4. The third-order valence-corrected chi connectivity index (χ3v) is 7.89. The zero-order chi connectivity index (χ0) is 39.6. The summed E-state index contributed by atoms with van der Waals surface area (Å²) in [6.07, 6.45) is -6.61. The molecule has 16 nitrogen and oxygen atoms in total. The Balaban J connectivity index is 0.00000174. The van der Waals surface area contributed by atoms with Gasteiger partial charge in [-0.1, -0.05) is 68.1 Å². The second-order valence-electron chi connectivity index (χ2n) is 11.6. The van der Waals surface area contributed by atoms with E-state index in [0.29, 0.717) is 11.1 Å². The highest BCUT2D eigenvalue weighted by Gasteiger charge is 2.38. The van der Waals surface area contributed by atoms with Crippen LogP contribution in [0.5, 0.6) is 5.75 Å². The van der Waals surface area contributed by atoms with Crippen LogP contribution in [0.3, 0.4) is 0 Å². The Morgan fingerprint density at radius 3 is 1.92 bits per heavy atom. The number of carbonyl (C=O) groups excluding carboxylic acids is 5. The van der Waals surface area contributed by atoms with E-state index in [4.69, 9.17) is 15.6 Å². The number of nitrogens with two attached hydrogens (primary N) is 1. The van der Waals surface area contributed by atoms with Crippen molar-refractivity contribution in [3.05, 3.63) is 65.7 Å². The largest absolute Gasteiger partial charge is 0.508 e. The molecule has 2 rings (SSSR count). The van der Waals surface area contributed by atoms with Gasteiger partial charge >= 0.3 is 12.1 Å². The van der Waals surface area contributed by atoms with Gasteiger partial charge in [0.1, 0.15) is 30.0 Å². The SMILES string of the molecule is CC(C)(CO)[C@@H](O)C(=O)NCCC(=O)NCCSC(=O)[C@H](NC(=O)[C@H](CO)NC(=O)[C@H](N)c1ccc(O)cc1)c1ccccc1.O=C(O)C(F)(F)F. The van der Waals surface area contributed by atoms with Gasteiger partial charge in [-0.2, -0.15) is 13.2 Å². The maximum Gasteiger partial charge on any atom is 0.490 e. The molecule has 0 aliphatic heterocycles. The molecular weight excluding hydrogens is 719 g/mol. The Hall–Kier alpha value is -4.76. The molecule has 288 valence electrons. The summed E-state index contributed by atoms with van der Waals surface area (Å²) in [6.45, 7) is 1.94. The fourth-order valence-corrected chi connectivity index (χ4v) is 4.57. The number of carboxylic acid groups (broad SMARTS) is 1. The van der Waals surface area contributed by atoms with Gasteiger partial charge in [0.15, 0.2) is 0 Å². The number of thioether (sulfide) groups is 1. The van der Waals surface area contributed by atoms with Crippen LogP contribution in [-0.4, -0.2) is 111 Å². The third-order valence-electron chi connectivity index (χ3n) is 6.96. The molecule has 4 amide bonds. The monoisotopic (exact) mass is 761 g/mol. The van der Waals surface area contributed by atoms with E-state index in [1.165, 1.54) is 38.1 Å². The van der Waals surface area contributed by atoms with E-state index in [1.54, 1.807) is 30.3 Å². The highest BCUT2D eigenvalue weighted by molar-refractivity contribution is 8.13. The Kier molecular flexibility index (Phi) is 18.8. The van der Waals surface area contributed by atoms with Crippen LogP contribution in [-0.2, 0) is 28.8 Å². The number of halogens is 3. The average Bonchev–Trinajstić information content (AvgIpc) is 3.10. The molecule has 0 spiro atoms. The number of nitrogens with one attached hydrogen (secondary N) is 4. The Morgan fingerprint density at radius 2 is 1.40 bits per heavy atom. The smallest absolute Gasteiger partial charge is 0.490 e. The van der Waals surface area contributed by atoms with Gasteiger partial charge in [-0.05, 0) is 23.3 Å². The maximum absolute atomic E-state index is 13.2. The van der Waals surface area contributed by atoms with Crippen LogP contribution >= 0.6 is 11.8 Å². The fourth-order valence-electron chi connectivity index (χ4n) is 3.81. The van der Waals surface area contributed by atoms with Crippen molar-refractivity contribution in [2.75, 3.05) is 32.1 Å². The van der Waals surface area contributed by atoms with Crippen LogP contribution in [0, 0.1) is 5.41 Å². The minimum absolute atomic E-state index is 0.0159. The first-order chi connectivity index (χ1) is 24.2. The lowest BCUT2D eigenvalue weighted by Gasteiger charge is -2.27. The van der Waals surface area contributed by atoms with Gasteiger partial charge in [0.05, 0.1) is 13.2 Å². The Labute approximate surface area is 300 Å². The van der Waals surface area contributed by atoms with Crippen molar-refractivity contribution in [1.82, 2.24) is 21.3 Å². The number of phenols is 1. The number of alkyl halides is 3. The molecule has 11 N–H and O–H groups in total. The van der Waals surface area contributed by atoms with Gasteiger partial charge in [-0.3, -0.25) is 24.0 Å². The van der Waals surface area contributed by atoms with Crippen molar-refractivity contribution >= 4 is 46.5 Å². The quantitative estimate of drug-likeness (QED) is 0.0923. The summed E-state index contributed by atoms with van der Waals surface area (Å²) in [5, 5.41) is 55.2. The van der Waals surface area contributed by atoms with Gasteiger partial charge < -0.3 is 52.5 Å².